The molecule has 1 saturated heterocycles. The van der Waals surface area contributed by atoms with Crippen molar-refractivity contribution >= 4 is 17.8 Å². The number of rotatable bonds is 7. The molecule has 1 atom stereocenters. The highest BCUT2D eigenvalue weighted by Gasteiger charge is 2.30. The molecule has 0 aromatic heterocycles. The Hall–Kier alpha value is -1.67. The topological polar surface area (TPSA) is 108 Å². The van der Waals surface area contributed by atoms with Gasteiger partial charge < -0.3 is 20.5 Å². The molecule has 1 fully saturated rings. The average Bonchev–Trinajstić information content (AvgIpc) is 2.66. The Morgan fingerprint density at radius 1 is 1.58 bits per heavy atom. The molecule has 4 amide bonds. The minimum absolute atomic E-state index is 0.0266. The summed E-state index contributed by atoms with van der Waals surface area (Å²) in [7, 11) is 1.52. The highest BCUT2D eigenvalue weighted by atomic mass is 16.5. The molecule has 1 rings (SSSR count). The van der Waals surface area contributed by atoms with Crippen LogP contribution in [0.3, 0.4) is 0 Å². The lowest BCUT2D eigenvalue weighted by molar-refractivity contribution is -0.131. The number of aliphatic hydroxyl groups is 1. The lowest BCUT2D eigenvalue weighted by Crippen LogP contribution is -2.46. The molecule has 1 aliphatic rings. The summed E-state index contributed by atoms with van der Waals surface area (Å²) >= 11 is 0. The first-order valence-corrected chi connectivity index (χ1v) is 5.92. The molecular weight excluding hydrogens is 254 g/mol. The van der Waals surface area contributed by atoms with Gasteiger partial charge in [-0.05, 0) is 6.92 Å². The fourth-order valence-electron chi connectivity index (χ4n) is 1.51. The van der Waals surface area contributed by atoms with Crippen molar-refractivity contribution in [1.82, 2.24) is 15.5 Å². The van der Waals surface area contributed by atoms with Crippen molar-refractivity contribution < 1.29 is 24.2 Å². The van der Waals surface area contributed by atoms with Gasteiger partial charge in [0.15, 0.2) is 0 Å². The average molecular weight is 273 g/mol. The van der Waals surface area contributed by atoms with Gasteiger partial charge >= 0.3 is 6.03 Å². The van der Waals surface area contributed by atoms with Crippen LogP contribution in [0, 0.1) is 0 Å². The van der Waals surface area contributed by atoms with Crippen LogP contribution in [-0.4, -0.2) is 66.8 Å². The number of nitrogens with one attached hydrogen (secondary N) is 2. The zero-order valence-corrected chi connectivity index (χ0v) is 11.1. The normalized spacial score (nSPS) is 18.2. The van der Waals surface area contributed by atoms with Gasteiger partial charge in [0.2, 0.25) is 5.91 Å². The first kappa shape index (κ1) is 15.4. The number of urea groups is 1. The molecule has 8 nitrogen and oxygen atoms in total. The molecule has 108 valence electrons. The van der Waals surface area contributed by atoms with Crippen LogP contribution in [0.4, 0.5) is 4.79 Å². The van der Waals surface area contributed by atoms with Gasteiger partial charge in [0.25, 0.3) is 5.91 Å². The fourth-order valence-corrected chi connectivity index (χ4v) is 1.51. The highest BCUT2D eigenvalue weighted by molar-refractivity contribution is 6.04. The van der Waals surface area contributed by atoms with E-state index in [-0.39, 0.29) is 19.6 Å². The maximum atomic E-state index is 11.6. The Morgan fingerprint density at radius 3 is 2.79 bits per heavy atom. The largest absolute Gasteiger partial charge is 0.388 e. The molecule has 1 heterocycles. The summed E-state index contributed by atoms with van der Waals surface area (Å²) in [5.74, 6) is -0.936. The fraction of sp³-hybridized carbons (Fsp3) is 0.727. The van der Waals surface area contributed by atoms with E-state index in [1.54, 1.807) is 6.92 Å². The van der Waals surface area contributed by atoms with Gasteiger partial charge in [-0.2, -0.15) is 0 Å². The third-order valence-corrected chi connectivity index (χ3v) is 2.75. The van der Waals surface area contributed by atoms with Crippen molar-refractivity contribution in [3.8, 4) is 0 Å². The summed E-state index contributed by atoms with van der Waals surface area (Å²) in [5.41, 5.74) is -1.09. The number of amides is 4. The molecule has 0 aromatic rings. The third-order valence-electron chi connectivity index (χ3n) is 2.75. The molecule has 8 heteroatoms. The Morgan fingerprint density at radius 2 is 2.26 bits per heavy atom. The predicted octanol–water partition coefficient (Wildman–Crippen LogP) is -1.56. The Bertz CT molecular complexity index is 353. The number of methoxy groups -OCH3 is 1. The maximum absolute atomic E-state index is 11.6. The van der Waals surface area contributed by atoms with E-state index < -0.39 is 23.4 Å². The molecule has 1 aliphatic heterocycles. The second-order valence-corrected chi connectivity index (χ2v) is 4.66. The van der Waals surface area contributed by atoms with E-state index >= 15 is 0 Å². The Balaban J connectivity index is 2.35. The summed E-state index contributed by atoms with van der Waals surface area (Å²) in [4.78, 5) is 34.9. The van der Waals surface area contributed by atoms with E-state index in [1.165, 1.54) is 7.11 Å². The quantitative estimate of drug-likeness (QED) is 0.486. The first-order valence-electron chi connectivity index (χ1n) is 5.92. The summed E-state index contributed by atoms with van der Waals surface area (Å²) in [6, 6.07) is -0.578. The molecule has 0 bridgehead atoms. The lowest BCUT2D eigenvalue weighted by Gasteiger charge is -2.23. The summed E-state index contributed by atoms with van der Waals surface area (Å²) in [6.07, 6.45) is 0.368. The number of hydrogen-bond acceptors (Lipinski definition) is 5. The maximum Gasteiger partial charge on any atom is 0.325 e. The highest BCUT2D eigenvalue weighted by Crippen LogP contribution is 2.07. The van der Waals surface area contributed by atoms with Gasteiger partial charge in [-0.3, -0.25) is 14.5 Å². The number of nitrogens with zero attached hydrogens (tertiary/aromatic N) is 1. The standard InChI is InChI=1S/C11H19N3O5/c1-11(18,3-4-19-2)7-13-8(15)6-14-9(16)5-12-10(14)17/h18H,3-7H2,1-2H3,(H,12,17)(H,13,15). The zero-order valence-electron chi connectivity index (χ0n) is 11.1. The van der Waals surface area contributed by atoms with Crippen LogP contribution in [0.5, 0.6) is 0 Å². The van der Waals surface area contributed by atoms with Crippen LogP contribution >= 0.6 is 0 Å². The van der Waals surface area contributed by atoms with Crippen LogP contribution in [-0.2, 0) is 14.3 Å². The number of imide groups is 1. The second kappa shape index (κ2) is 6.48. The predicted molar refractivity (Wildman–Crippen MR) is 65.2 cm³/mol. The molecule has 3 N–H and O–H groups in total. The van der Waals surface area contributed by atoms with E-state index in [2.05, 4.69) is 10.6 Å². The number of carbonyl (C=O) groups excluding carboxylic acids is 3. The molecule has 1 unspecified atom stereocenters. The van der Waals surface area contributed by atoms with E-state index in [0.717, 1.165) is 4.90 Å². The van der Waals surface area contributed by atoms with Crippen molar-refractivity contribution in [2.45, 2.75) is 18.9 Å². The molecule has 19 heavy (non-hydrogen) atoms. The monoisotopic (exact) mass is 273 g/mol. The molecule has 0 spiro atoms. The molecule has 0 aromatic carbocycles. The van der Waals surface area contributed by atoms with Gasteiger partial charge in [0.05, 0.1) is 12.1 Å². The molecule has 0 aliphatic carbocycles. The number of ether oxygens (including phenoxy) is 1. The number of hydrogen-bond donors (Lipinski definition) is 3. The summed E-state index contributed by atoms with van der Waals surface area (Å²) in [6.45, 7) is 1.54. The van der Waals surface area contributed by atoms with Gasteiger partial charge in [-0.1, -0.05) is 0 Å². The summed E-state index contributed by atoms with van der Waals surface area (Å²) in [5, 5.41) is 14.7. The number of carbonyl (C=O) groups is 3. The van der Waals surface area contributed by atoms with E-state index in [0.29, 0.717) is 13.0 Å². The smallest absolute Gasteiger partial charge is 0.325 e. The second-order valence-electron chi connectivity index (χ2n) is 4.66. The van der Waals surface area contributed by atoms with E-state index in [4.69, 9.17) is 4.74 Å². The lowest BCUT2D eigenvalue weighted by atomic mass is 10.0. The minimum Gasteiger partial charge on any atom is -0.388 e. The van der Waals surface area contributed by atoms with Gasteiger partial charge in [-0.15, -0.1) is 0 Å². The Labute approximate surface area is 111 Å². The van der Waals surface area contributed by atoms with E-state index in [9.17, 15) is 19.5 Å². The van der Waals surface area contributed by atoms with Gasteiger partial charge in [-0.25, -0.2) is 4.79 Å². The van der Waals surface area contributed by atoms with Crippen molar-refractivity contribution in [2.24, 2.45) is 0 Å². The van der Waals surface area contributed by atoms with Crippen molar-refractivity contribution in [3.63, 3.8) is 0 Å². The van der Waals surface area contributed by atoms with Crippen LogP contribution in [0.1, 0.15) is 13.3 Å². The Kier molecular flexibility index (Phi) is 5.25. The van der Waals surface area contributed by atoms with Crippen molar-refractivity contribution in [1.29, 1.82) is 0 Å². The molecular formula is C11H19N3O5. The van der Waals surface area contributed by atoms with Crippen molar-refractivity contribution in [2.75, 3.05) is 33.4 Å². The van der Waals surface area contributed by atoms with E-state index in [1.807, 2.05) is 0 Å². The van der Waals surface area contributed by atoms with Crippen LogP contribution in [0.2, 0.25) is 0 Å². The van der Waals surface area contributed by atoms with Gasteiger partial charge in [0, 0.05) is 26.7 Å². The minimum atomic E-state index is -1.09. The third kappa shape index (κ3) is 4.84. The van der Waals surface area contributed by atoms with Crippen LogP contribution in [0.25, 0.3) is 0 Å². The first-order chi connectivity index (χ1) is 8.85. The van der Waals surface area contributed by atoms with Gasteiger partial charge in [0.1, 0.15) is 6.54 Å². The molecule has 0 saturated carbocycles. The van der Waals surface area contributed by atoms with Crippen LogP contribution < -0.4 is 10.6 Å². The molecule has 0 radical (unpaired) electrons. The zero-order chi connectivity index (χ0) is 14.5. The SMILES string of the molecule is COCCC(C)(O)CNC(=O)CN1C(=O)CNC1=O. The van der Waals surface area contributed by atoms with Crippen molar-refractivity contribution in [3.05, 3.63) is 0 Å². The van der Waals surface area contributed by atoms with Crippen LogP contribution in [0.15, 0.2) is 0 Å². The summed E-state index contributed by atoms with van der Waals surface area (Å²) < 4.78 is 4.84.